The molecule has 0 atom stereocenters. The van der Waals surface area contributed by atoms with Crippen molar-refractivity contribution in [3.05, 3.63) is 39.8 Å². The molecule has 0 bridgehead atoms. The number of amidine groups is 1. The number of alkyl halides is 3. The molecule has 1 aliphatic heterocycles. The zero-order valence-electron chi connectivity index (χ0n) is 14.1. The van der Waals surface area contributed by atoms with E-state index in [0.29, 0.717) is 0 Å². The van der Waals surface area contributed by atoms with Gasteiger partial charge in [-0.2, -0.15) is 26.7 Å². The van der Waals surface area contributed by atoms with Gasteiger partial charge in [0, 0.05) is 6.08 Å². The Labute approximate surface area is 170 Å². The van der Waals surface area contributed by atoms with E-state index in [-0.39, 0.29) is 15.6 Å². The lowest BCUT2D eigenvalue weighted by Crippen LogP contribution is -2.28. The third-order valence-electron chi connectivity index (χ3n) is 2.90. The molecule has 15 heteroatoms. The average Bonchev–Trinajstić information content (AvgIpc) is 2.95. The van der Waals surface area contributed by atoms with Crippen molar-refractivity contribution in [3.8, 4) is 5.75 Å². The number of ether oxygens (including phenoxy) is 1. The molecule has 1 N–H and O–H groups in total. The fraction of sp³-hybridized carbons (Fsp3) is 0.143. The molecule has 156 valence electrons. The van der Waals surface area contributed by atoms with Gasteiger partial charge in [0.05, 0.1) is 23.3 Å². The number of carbonyl (C=O) groups is 2. The van der Waals surface area contributed by atoms with Crippen molar-refractivity contribution in [2.75, 3.05) is 7.11 Å². The van der Waals surface area contributed by atoms with E-state index in [1.807, 2.05) is 0 Å². The molecule has 29 heavy (non-hydrogen) atoms. The van der Waals surface area contributed by atoms with Gasteiger partial charge >= 0.3 is 21.6 Å². The zero-order chi connectivity index (χ0) is 21.8. The summed E-state index contributed by atoms with van der Waals surface area (Å²) in [5.41, 5.74) is -5.35. The number of methoxy groups -OCH3 is 1. The van der Waals surface area contributed by atoms with Gasteiger partial charge in [-0.25, -0.2) is 4.79 Å². The molecule has 1 aromatic rings. The number of benzene rings is 1. The fourth-order valence-electron chi connectivity index (χ4n) is 1.62. The maximum atomic E-state index is 12.3. The molecule has 0 spiro atoms. The predicted octanol–water partition coefficient (Wildman–Crippen LogP) is 2.18. The van der Waals surface area contributed by atoms with Gasteiger partial charge in [0.15, 0.2) is 10.9 Å². The lowest BCUT2D eigenvalue weighted by molar-refractivity contribution is -0.135. The van der Waals surface area contributed by atoms with Gasteiger partial charge < -0.3 is 8.92 Å². The largest absolute Gasteiger partial charge is 0.534 e. The number of nitrogens with one attached hydrogen (secondary N) is 1. The minimum Gasteiger partial charge on any atom is -0.466 e. The van der Waals surface area contributed by atoms with Crippen LogP contribution in [0.25, 0.3) is 0 Å². The molecule has 0 aromatic heterocycles. The highest BCUT2D eigenvalue weighted by Crippen LogP contribution is 2.31. The van der Waals surface area contributed by atoms with E-state index in [1.54, 1.807) is 0 Å². The first-order valence-electron chi connectivity index (χ1n) is 7.13. The number of thioether (sulfide) groups is 1. The van der Waals surface area contributed by atoms with Crippen LogP contribution >= 0.6 is 23.4 Å². The standard InChI is InChI=1S/C14H9ClF3N3O6S2/c1-26-11(22)5-10-12(23)20-13(28-10)21-19-6-7-2-3-9(8(15)4-7)27-29(24,25)14(16,17)18/h2-6H,1H3,(H,20,21,23)/b10-5+,19-6?. The Morgan fingerprint density at radius 3 is 2.62 bits per heavy atom. The lowest BCUT2D eigenvalue weighted by atomic mass is 10.2. The Kier molecular flexibility index (Phi) is 6.92. The molecule has 1 amide bonds. The highest BCUT2D eigenvalue weighted by atomic mass is 35.5. The van der Waals surface area contributed by atoms with Crippen LogP contribution in [0.2, 0.25) is 5.02 Å². The quantitative estimate of drug-likeness (QED) is 0.174. The Bertz CT molecular complexity index is 1040. The first-order chi connectivity index (χ1) is 13.4. The van der Waals surface area contributed by atoms with E-state index in [0.717, 1.165) is 43.3 Å². The number of hydrogen-bond donors (Lipinski definition) is 1. The van der Waals surface area contributed by atoms with E-state index in [4.69, 9.17) is 11.6 Å². The van der Waals surface area contributed by atoms with Gasteiger partial charge in [0.1, 0.15) is 0 Å². The summed E-state index contributed by atoms with van der Waals surface area (Å²) in [6.07, 6.45) is 2.11. The Morgan fingerprint density at radius 2 is 2.03 bits per heavy atom. The Hall–Kier alpha value is -2.58. The molecule has 0 aliphatic carbocycles. The maximum absolute atomic E-state index is 12.3. The molecular weight excluding hydrogens is 463 g/mol. The number of halogens is 4. The SMILES string of the molecule is COC(=O)/C=C1/S/C(=N\N=Cc2ccc(OS(=O)(=O)C(F)(F)F)c(Cl)c2)NC1=O. The van der Waals surface area contributed by atoms with Crippen LogP contribution < -0.4 is 9.50 Å². The summed E-state index contributed by atoms with van der Waals surface area (Å²) in [4.78, 5) is 22.8. The second kappa shape index (κ2) is 8.84. The molecule has 9 nitrogen and oxygen atoms in total. The number of carbonyl (C=O) groups excluding carboxylic acids is 2. The summed E-state index contributed by atoms with van der Waals surface area (Å²) in [5.74, 6) is -2.02. The number of nitrogens with zero attached hydrogens (tertiary/aromatic N) is 2. The molecule has 0 saturated carbocycles. The van der Waals surface area contributed by atoms with Gasteiger partial charge in [0.2, 0.25) is 0 Å². The molecule has 2 rings (SSSR count). The summed E-state index contributed by atoms with van der Waals surface area (Å²) in [6, 6.07) is 3.18. The minimum absolute atomic E-state index is 0.0428. The molecule has 1 aliphatic rings. The van der Waals surface area contributed by atoms with Crippen LogP contribution in [-0.2, 0) is 24.4 Å². The van der Waals surface area contributed by atoms with Crippen LogP contribution in [0, 0.1) is 0 Å². The second-order valence-corrected chi connectivity index (χ2v) is 7.89. The van der Waals surface area contributed by atoms with Gasteiger partial charge in [-0.15, -0.1) is 5.10 Å². The highest BCUT2D eigenvalue weighted by Gasteiger charge is 2.48. The molecule has 1 heterocycles. The van der Waals surface area contributed by atoms with Crippen molar-refractivity contribution in [2.45, 2.75) is 5.51 Å². The Balaban J connectivity index is 2.10. The van der Waals surface area contributed by atoms with Crippen LogP contribution in [0.1, 0.15) is 5.56 Å². The van der Waals surface area contributed by atoms with E-state index in [1.165, 1.54) is 6.07 Å². The highest BCUT2D eigenvalue weighted by molar-refractivity contribution is 8.18. The van der Waals surface area contributed by atoms with Crippen molar-refractivity contribution >= 4 is 56.7 Å². The Morgan fingerprint density at radius 1 is 1.34 bits per heavy atom. The van der Waals surface area contributed by atoms with E-state index in [2.05, 4.69) is 24.4 Å². The first kappa shape index (κ1) is 22.7. The van der Waals surface area contributed by atoms with Crippen LogP contribution in [0.15, 0.2) is 39.4 Å². The summed E-state index contributed by atoms with van der Waals surface area (Å²) < 4.78 is 67.4. The predicted molar refractivity (Wildman–Crippen MR) is 97.9 cm³/mol. The molecule has 0 radical (unpaired) electrons. The van der Waals surface area contributed by atoms with Gasteiger partial charge in [0.25, 0.3) is 5.91 Å². The molecule has 1 fully saturated rings. The molecular formula is C14H9ClF3N3O6S2. The second-order valence-electron chi connectivity index (χ2n) is 4.91. The van der Waals surface area contributed by atoms with Gasteiger partial charge in [-0.1, -0.05) is 11.6 Å². The van der Waals surface area contributed by atoms with Crippen LogP contribution in [0.3, 0.4) is 0 Å². The molecule has 0 unspecified atom stereocenters. The molecule has 1 saturated heterocycles. The summed E-state index contributed by atoms with van der Waals surface area (Å²) in [7, 11) is -4.71. The molecule has 1 aromatic carbocycles. The van der Waals surface area contributed by atoms with Crippen LogP contribution in [0.4, 0.5) is 13.2 Å². The third kappa shape index (κ3) is 5.95. The summed E-state index contributed by atoms with van der Waals surface area (Å²) in [6.45, 7) is 0. The zero-order valence-corrected chi connectivity index (χ0v) is 16.4. The first-order valence-corrected chi connectivity index (χ1v) is 9.73. The van der Waals surface area contributed by atoms with Gasteiger partial charge in [-0.3, -0.25) is 10.1 Å². The van der Waals surface area contributed by atoms with Crippen molar-refractivity contribution in [1.29, 1.82) is 0 Å². The van der Waals surface area contributed by atoms with Crippen molar-refractivity contribution in [1.82, 2.24) is 5.32 Å². The lowest BCUT2D eigenvalue weighted by Gasteiger charge is -2.10. The van der Waals surface area contributed by atoms with Crippen LogP contribution in [0.5, 0.6) is 5.75 Å². The minimum atomic E-state index is -5.86. The normalized spacial score (nSPS) is 17.8. The third-order valence-corrected chi connectivity index (χ3v) is 5.06. The summed E-state index contributed by atoms with van der Waals surface area (Å²) >= 11 is 6.55. The maximum Gasteiger partial charge on any atom is 0.534 e. The number of amides is 1. The summed E-state index contributed by atoms with van der Waals surface area (Å²) in [5, 5.41) is 9.35. The van der Waals surface area contributed by atoms with Crippen molar-refractivity contribution < 1.29 is 40.1 Å². The van der Waals surface area contributed by atoms with Crippen molar-refractivity contribution in [3.63, 3.8) is 0 Å². The van der Waals surface area contributed by atoms with Crippen LogP contribution in [-0.4, -0.2) is 44.3 Å². The van der Waals surface area contributed by atoms with E-state index >= 15 is 0 Å². The average molecular weight is 472 g/mol. The van der Waals surface area contributed by atoms with Crippen molar-refractivity contribution in [2.24, 2.45) is 10.2 Å². The number of hydrogen-bond acceptors (Lipinski definition) is 9. The van der Waals surface area contributed by atoms with Gasteiger partial charge in [-0.05, 0) is 35.5 Å². The number of esters is 1. The number of rotatable bonds is 5. The van der Waals surface area contributed by atoms with E-state index in [9.17, 15) is 31.2 Å². The monoisotopic (exact) mass is 471 g/mol. The van der Waals surface area contributed by atoms with E-state index < -0.39 is 38.3 Å². The topological polar surface area (TPSA) is 123 Å². The fourth-order valence-corrected chi connectivity index (χ4v) is 3.11. The smallest absolute Gasteiger partial charge is 0.466 e.